The number of halogens is 3. The Morgan fingerprint density at radius 2 is 2.00 bits per heavy atom. The van der Waals surface area contributed by atoms with Crippen LogP contribution in [-0.2, 0) is 6.18 Å². The molecule has 0 aliphatic carbocycles. The van der Waals surface area contributed by atoms with Gasteiger partial charge >= 0.3 is 12.1 Å². The molecule has 26 heavy (non-hydrogen) atoms. The molecule has 0 radical (unpaired) electrons. The molecular weight excluding hydrogens is 369 g/mol. The van der Waals surface area contributed by atoms with E-state index in [9.17, 15) is 18.4 Å². The van der Waals surface area contributed by atoms with E-state index in [1.807, 2.05) is 30.3 Å². The van der Waals surface area contributed by atoms with Crippen molar-refractivity contribution < 1.29 is 17.7 Å². The lowest BCUT2D eigenvalue weighted by Gasteiger charge is -2.42. The Labute approximate surface area is 150 Å². The first-order chi connectivity index (χ1) is 12.4. The Morgan fingerprint density at radius 3 is 2.69 bits per heavy atom. The Bertz CT molecular complexity index is 912. The molecule has 0 N–H and O–H groups in total. The van der Waals surface area contributed by atoms with Crippen LogP contribution in [0.3, 0.4) is 0 Å². The minimum absolute atomic E-state index is 0.131. The van der Waals surface area contributed by atoms with E-state index in [4.69, 9.17) is 0 Å². The number of quaternary nitrogens is 1. The average Bonchev–Trinajstić information content (AvgIpc) is 3.34. The normalized spacial score (nSPS) is 23.5. The summed E-state index contributed by atoms with van der Waals surface area (Å²) in [6.45, 7) is 0.390. The molecule has 6 nitrogen and oxygen atoms in total. The second-order valence-electron chi connectivity index (χ2n) is 6.01. The molecule has 10 heteroatoms. The smallest absolute Gasteiger partial charge is 0.471 e. The summed E-state index contributed by atoms with van der Waals surface area (Å²) in [5, 5.41) is 17.4. The van der Waals surface area contributed by atoms with Gasteiger partial charge in [-0.2, -0.15) is 18.2 Å². The van der Waals surface area contributed by atoms with Gasteiger partial charge in [-0.05, 0) is 0 Å². The number of hydrogen-bond acceptors (Lipinski definition) is 6. The lowest BCUT2D eigenvalue weighted by Crippen LogP contribution is -2.41. The van der Waals surface area contributed by atoms with Crippen molar-refractivity contribution in [3.05, 3.63) is 53.2 Å². The van der Waals surface area contributed by atoms with Crippen LogP contribution >= 0.6 is 11.3 Å². The maximum absolute atomic E-state index is 13.5. The van der Waals surface area contributed by atoms with E-state index in [1.54, 1.807) is 0 Å². The third kappa shape index (κ3) is 2.89. The molecular formula is C16H13F3N4O2S. The summed E-state index contributed by atoms with van der Waals surface area (Å²) in [6, 6.07) is 9.22. The van der Waals surface area contributed by atoms with Crippen molar-refractivity contribution in [2.24, 2.45) is 0 Å². The van der Waals surface area contributed by atoms with E-state index in [2.05, 4.69) is 19.6 Å². The lowest BCUT2D eigenvalue weighted by molar-refractivity contribution is -0.159. The summed E-state index contributed by atoms with van der Waals surface area (Å²) in [5.74, 6) is -1.70. The van der Waals surface area contributed by atoms with Crippen molar-refractivity contribution in [3.63, 3.8) is 0 Å². The largest absolute Gasteiger partial charge is 0.626 e. The maximum Gasteiger partial charge on any atom is 0.471 e. The Hall–Kier alpha value is -2.30. The monoisotopic (exact) mass is 382 g/mol. The fourth-order valence-electron chi connectivity index (χ4n) is 3.20. The fraction of sp³-hybridized carbons (Fsp3) is 0.312. The van der Waals surface area contributed by atoms with E-state index in [1.165, 1.54) is 6.20 Å². The molecule has 3 aromatic rings. The number of thiazole rings is 1. The first-order valence-electron chi connectivity index (χ1n) is 7.89. The van der Waals surface area contributed by atoms with Crippen LogP contribution in [0, 0.1) is 5.21 Å². The highest BCUT2D eigenvalue weighted by Gasteiger charge is 2.41. The maximum atomic E-state index is 13.5. The van der Waals surface area contributed by atoms with Crippen LogP contribution in [-0.4, -0.2) is 21.7 Å². The molecule has 4 rings (SSSR count). The zero-order valence-corrected chi connectivity index (χ0v) is 14.1. The molecule has 136 valence electrons. The number of benzene rings is 1. The number of rotatable bonds is 3. The number of aromatic nitrogens is 3. The number of alkyl halides is 3. The molecule has 1 aliphatic rings. The molecule has 3 heterocycles. The van der Waals surface area contributed by atoms with E-state index in [0.29, 0.717) is 11.5 Å². The van der Waals surface area contributed by atoms with E-state index < -0.39 is 16.7 Å². The van der Waals surface area contributed by atoms with Crippen LogP contribution in [0.1, 0.15) is 30.3 Å². The third-order valence-electron chi connectivity index (χ3n) is 4.38. The fourth-order valence-corrected chi connectivity index (χ4v) is 4.16. The summed E-state index contributed by atoms with van der Waals surface area (Å²) in [6.07, 6.45) is -1.82. The average molecular weight is 382 g/mol. The van der Waals surface area contributed by atoms with Gasteiger partial charge in [-0.3, -0.25) is 0 Å². The van der Waals surface area contributed by atoms with Gasteiger partial charge in [0, 0.05) is 18.4 Å². The zero-order valence-electron chi connectivity index (χ0n) is 13.3. The van der Waals surface area contributed by atoms with Gasteiger partial charge in [0.25, 0.3) is 0 Å². The molecule has 0 amide bonds. The summed E-state index contributed by atoms with van der Waals surface area (Å²) < 4.78 is 41.5. The topological polar surface area (TPSA) is 74.9 Å². The van der Waals surface area contributed by atoms with Crippen molar-refractivity contribution in [3.8, 4) is 10.8 Å². The Kier molecular flexibility index (Phi) is 4.05. The van der Waals surface area contributed by atoms with Crippen molar-refractivity contribution >= 4 is 16.3 Å². The summed E-state index contributed by atoms with van der Waals surface area (Å²) in [5.41, 5.74) is 0.939. The lowest BCUT2D eigenvalue weighted by atomic mass is 10.0. The molecule has 1 aliphatic heterocycles. The highest BCUT2D eigenvalue weighted by molar-refractivity contribution is 7.18. The predicted molar refractivity (Wildman–Crippen MR) is 88.9 cm³/mol. The SMILES string of the molecule is [O-][N+]1(c2cnc(-c3noc(C(F)(F)F)n3)s2)CCCC1c1ccccc1. The molecule has 2 atom stereocenters. The van der Waals surface area contributed by atoms with Crippen LogP contribution < -0.4 is 4.65 Å². The van der Waals surface area contributed by atoms with Gasteiger partial charge < -0.3 is 14.4 Å². The van der Waals surface area contributed by atoms with Crippen molar-refractivity contribution in [1.29, 1.82) is 0 Å². The van der Waals surface area contributed by atoms with Crippen molar-refractivity contribution in [2.45, 2.75) is 25.1 Å². The van der Waals surface area contributed by atoms with Crippen LogP contribution in [0.5, 0.6) is 0 Å². The molecule has 1 saturated heterocycles. The molecule has 2 aromatic heterocycles. The molecule has 2 unspecified atom stereocenters. The summed E-state index contributed by atoms with van der Waals surface area (Å²) in [4.78, 5) is 7.38. The standard InChI is InChI=1S/C16H13F3N4O2S/c17-16(18,19)15-21-13(22-25-15)14-20-9-12(26-14)23(24)8-4-7-11(23)10-5-2-1-3-6-10/h1-3,5-6,9,11H,4,7-8H2. The second-order valence-corrected chi connectivity index (χ2v) is 7.02. The molecule has 0 spiro atoms. The third-order valence-corrected chi connectivity index (χ3v) is 5.49. The highest BCUT2D eigenvalue weighted by Crippen LogP contribution is 2.46. The van der Waals surface area contributed by atoms with E-state index in [-0.39, 0.29) is 16.9 Å². The zero-order chi connectivity index (χ0) is 18.4. The highest BCUT2D eigenvalue weighted by atomic mass is 32.1. The second kappa shape index (κ2) is 6.15. The van der Waals surface area contributed by atoms with Crippen LogP contribution in [0.2, 0.25) is 0 Å². The minimum atomic E-state index is -4.72. The summed E-state index contributed by atoms with van der Waals surface area (Å²) >= 11 is 1.00. The number of nitrogens with zero attached hydrogens (tertiary/aromatic N) is 4. The van der Waals surface area contributed by atoms with Crippen molar-refractivity contribution in [2.75, 3.05) is 6.54 Å². The first kappa shape index (κ1) is 17.1. The van der Waals surface area contributed by atoms with Crippen LogP contribution in [0.15, 0.2) is 41.1 Å². The first-order valence-corrected chi connectivity index (χ1v) is 8.71. The van der Waals surface area contributed by atoms with Gasteiger partial charge in [-0.15, -0.1) is 0 Å². The quantitative estimate of drug-likeness (QED) is 0.491. The minimum Gasteiger partial charge on any atom is -0.626 e. The molecule has 1 fully saturated rings. The Balaban J connectivity index is 1.66. The predicted octanol–water partition coefficient (Wildman–Crippen LogP) is 4.55. The van der Waals surface area contributed by atoms with Gasteiger partial charge in [0.1, 0.15) is 12.2 Å². The van der Waals surface area contributed by atoms with Gasteiger partial charge in [0.2, 0.25) is 10.8 Å². The van der Waals surface area contributed by atoms with Crippen molar-refractivity contribution in [1.82, 2.24) is 19.8 Å². The van der Waals surface area contributed by atoms with E-state index in [0.717, 1.165) is 29.7 Å². The molecule has 0 saturated carbocycles. The summed E-state index contributed by atoms with van der Waals surface area (Å²) in [7, 11) is 0. The molecule has 1 aromatic carbocycles. The van der Waals surface area contributed by atoms with Crippen LogP contribution in [0.25, 0.3) is 10.8 Å². The number of hydrogen-bond donors (Lipinski definition) is 0. The van der Waals surface area contributed by atoms with E-state index >= 15 is 0 Å². The van der Waals surface area contributed by atoms with Crippen LogP contribution in [0.4, 0.5) is 18.2 Å². The molecule has 0 bridgehead atoms. The Morgan fingerprint density at radius 1 is 1.23 bits per heavy atom. The van der Waals surface area contributed by atoms with Gasteiger partial charge in [-0.25, -0.2) is 4.98 Å². The van der Waals surface area contributed by atoms with Gasteiger partial charge in [0.05, 0.1) is 6.54 Å². The van der Waals surface area contributed by atoms with Gasteiger partial charge in [-0.1, -0.05) is 46.8 Å². The van der Waals surface area contributed by atoms with Gasteiger partial charge in [0.15, 0.2) is 5.01 Å². The number of hydroxylamine groups is 2.